The summed E-state index contributed by atoms with van der Waals surface area (Å²) in [5, 5.41) is 11.9. The second-order valence-electron chi connectivity index (χ2n) is 6.44. The standard InChI is InChI=1S/C19H27NO4/c1-14(24-17-9-4-2-3-5-10-17)18(21)20-12-11-15-7-6-8-16(13-15)19(22)23/h6-8,13-14,17H,2-5,9-12H2,1H3,(H,20,21)(H,22,23). The van der Waals surface area contributed by atoms with Crippen molar-refractivity contribution in [3.05, 3.63) is 35.4 Å². The molecule has 1 unspecified atom stereocenters. The SMILES string of the molecule is CC(OC1CCCCCC1)C(=O)NCCc1cccc(C(=O)O)c1. The van der Waals surface area contributed by atoms with Gasteiger partial charge in [-0.3, -0.25) is 4.79 Å². The summed E-state index contributed by atoms with van der Waals surface area (Å²) in [4.78, 5) is 23.1. The Kier molecular flexibility index (Phi) is 7.25. The number of carbonyl (C=O) groups excluding carboxylic acids is 1. The van der Waals surface area contributed by atoms with Crippen molar-refractivity contribution in [3.8, 4) is 0 Å². The van der Waals surface area contributed by atoms with E-state index in [1.165, 1.54) is 25.7 Å². The molecule has 0 saturated heterocycles. The van der Waals surface area contributed by atoms with Crippen LogP contribution in [0.2, 0.25) is 0 Å². The fourth-order valence-corrected chi connectivity index (χ4v) is 3.06. The Morgan fingerprint density at radius 1 is 1.25 bits per heavy atom. The first-order valence-electron chi connectivity index (χ1n) is 8.81. The van der Waals surface area contributed by atoms with Gasteiger partial charge in [0, 0.05) is 6.54 Å². The van der Waals surface area contributed by atoms with Crippen LogP contribution >= 0.6 is 0 Å². The van der Waals surface area contributed by atoms with Gasteiger partial charge in [-0.05, 0) is 43.9 Å². The van der Waals surface area contributed by atoms with Crippen LogP contribution in [0.4, 0.5) is 0 Å². The third kappa shape index (κ3) is 5.96. The van der Waals surface area contributed by atoms with E-state index in [1.54, 1.807) is 25.1 Å². The monoisotopic (exact) mass is 333 g/mol. The van der Waals surface area contributed by atoms with Crippen molar-refractivity contribution in [2.24, 2.45) is 0 Å². The van der Waals surface area contributed by atoms with Crippen molar-refractivity contribution in [1.29, 1.82) is 0 Å². The lowest BCUT2D eigenvalue weighted by Gasteiger charge is -2.20. The van der Waals surface area contributed by atoms with Gasteiger partial charge in [-0.1, -0.05) is 37.8 Å². The smallest absolute Gasteiger partial charge is 0.335 e. The maximum Gasteiger partial charge on any atom is 0.335 e. The van der Waals surface area contributed by atoms with E-state index in [0.717, 1.165) is 18.4 Å². The van der Waals surface area contributed by atoms with Crippen molar-refractivity contribution < 1.29 is 19.4 Å². The third-order valence-corrected chi connectivity index (χ3v) is 4.45. The van der Waals surface area contributed by atoms with Gasteiger partial charge < -0.3 is 15.2 Å². The Bertz CT molecular complexity index is 550. The third-order valence-electron chi connectivity index (χ3n) is 4.45. The Balaban J connectivity index is 1.73. The van der Waals surface area contributed by atoms with E-state index in [-0.39, 0.29) is 17.6 Å². The number of carboxylic acid groups (broad SMARTS) is 1. The molecular weight excluding hydrogens is 306 g/mol. The second-order valence-corrected chi connectivity index (χ2v) is 6.44. The molecule has 1 fully saturated rings. The molecule has 1 aliphatic rings. The van der Waals surface area contributed by atoms with E-state index in [9.17, 15) is 9.59 Å². The minimum absolute atomic E-state index is 0.103. The Morgan fingerprint density at radius 2 is 1.96 bits per heavy atom. The minimum Gasteiger partial charge on any atom is -0.478 e. The molecule has 1 saturated carbocycles. The zero-order chi connectivity index (χ0) is 17.4. The van der Waals surface area contributed by atoms with Crippen molar-refractivity contribution in [3.63, 3.8) is 0 Å². The molecule has 1 aliphatic carbocycles. The fraction of sp³-hybridized carbons (Fsp3) is 0.579. The molecule has 2 N–H and O–H groups in total. The molecule has 2 rings (SSSR count). The highest BCUT2D eigenvalue weighted by atomic mass is 16.5. The van der Waals surface area contributed by atoms with E-state index >= 15 is 0 Å². The van der Waals surface area contributed by atoms with Crippen LogP contribution in [0, 0.1) is 0 Å². The first-order chi connectivity index (χ1) is 11.6. The fourth-order valence-electron chi connectivity index (χ4n) is 3.06. The van der Waals surface area contributed by atoms with Gasteiger partial charge in [0.05, 0.1) is 11.7 Å². The second kappa shape index (κ2) is 9.42. The summed E-state index contributed by atoms with van der Waals surface area (Å²) in [5.41, 5.74) is 1.16. The van der Waals surface area contributed by atoms with Gasteiger partial charge >= 0.3 is 5.97 Å². The molecule has 5 nitrogen and oxygen atoms in total. The molecule has 132 valence electrons. The van der Waals surface area contributed by atoms with Gasteiger partial charge in [0.25, 0.3) is 0 Å². The molecule has 0 aliphatic heterocycles. The molecule has 24 heavy (non-hydrogen) atoms. The summed E-state index contributed by atoms with van der Waals surface area (Å²) in [5.74, 6) is -1.04. The number of carboxylic acids is 1. The lowest BCUT2D eigenvalue weighted by atomic mass is 10.1. The molecule has 1 aromatic rings. The molecule has 5 heteroatoms. The highest BCUT2D eigenvalue weighted by Crippen LogP contribution is 2.20. The zero-order valence-corrected chi connectivity index (χ0v) is 14.3. The van der Waals surface area contributed by atoms with E-state index in [1.807, 2.05) is 6.07 Å². The predicted octanol–water partition coefficient (Wildman–Crippen LogP) is 3.17. The highest BCUT2D eigenvalue weighted by molar-refractivity contribution is 5.87. The Hall–Kier alpha value is -1.88. The van der Waals surface area contributed by atoms with E-state index in [2.05, 4.69) is 5.32 Å². The minimum atomic E-state index is -0.939. The molecule has 1 aromatic carbocycles. The van der Waals surface area contributed by atoms with Crippen LogP contribution < -0.4 is 5.32 Å². The molecule has 0 bridgehead atoms. The summed E-state index contributed by atoms with van der Waals surface area (Å²) in [6.45, 7) is 2.27. The van der Waals surface area contributed by atoms with E-state index in [4.69, 9.17) is 9.84 Å². The molecule has 0 radical (unpaired) electrons. The van der Waals surface area contributed by atoms with E-state index < -0.39 is 12.1 Å². The normalized spacial score (nSPS) is 17.0. The zero-order valence-electron chi connectivity index (χ0n) is 14.3. The number of ether oxygens (including phenoxy) is 1. The van der Waals surface area contributed by atoms with Crippen LogP contribution in [0.1, 0.15) is 61.4 Å². The molecule has 0 aromatic heterocycles. The number of hydrogen-bond donors (Lipinski definition) is 2. The number of carbonyl (C=O) groups is 2. The number of hydrogen-bond acceptors (Lipinski definition) is 3. The lowest BCUT2D eigenvalue weighted by Crippen LogP contribution is -2.37. The van der Waals surface area contributed by atoms with Crippen LogP contribution in [-0.2, 0) is 16.0 Å². The quantitative estimate of drug-likeness (QED) is 0.752. The van der Waals surface area contributed by atoms with Gasteiger partial charge in [-0.25, -0.2) is 4.79 Å². The largest absolute Gasteiger partial charge is 0.478 e. The van der Waals surface area contributed by atoms with Crippen LogP contribution in [0.25, 0.3) is 0 Å². The number of benzene rings is 1. The summed E-state index contributed by atoms with van der Waals surface area (Å²) in [6.07, 6.45) is 7.31. The van der Waals surface area contributed by atoms with Gasteiger partial charge in [-0.15, -0.1) is 0 Å². The number of amides is 1. The number of rotatable bonds is 7. The molecule has 1 atom stereocenters. The highest BCUT2D eigenvalue weighted by Gasteiger charge is 2.20. The Labute approximate surface area is 143 Å². The number of aromatic carboxylic acids is 1. The Morgan fingerprint density at radius 3 is 2.62 bits per heavy atom. The summed E-state index contributed by atoms with van der Waals surface area (Å²) in [6, 6.07) is 6.79. The van der Waals surface area contributed by atoms with Crippen LogP contribution in [-0.4, -0.2) is 35.7 Å². The van der Waals surface area contributed by atoms with Crippen molar-refractivity contribution in [2.75, 3.05) is 6.54 Å². The summed E-state index contributed by atoms with van der Waals surface area (Å²) >= 11 is 0. The first-order valence-corrected chi connectivity index (χ1v) is 8.81. The number of nitrogens with one attached hydrogen (secondary N) is 1. The molecule has 0 spiro atoms. The maximum absolute atomic E-state index is 12.1. The predicted molar refractivity (Wildman–Crippen MR) is 92.2 cm³/mol. The van der Waals surface area contributed by atoms with Crippen molar-refractivity contribution in [2.45, 2.75) is 64.1 Å². The average molecular weight is 333 g/mol. The molecular formula is C19H27NO4. The summed E-state index contributed by atoms with van der Waals surface area (Å²) in [7, 11) is 0. The molecule has 0 heterocycles. The van der Waals surface area contributed by atoms with Crippen LogP contribution in [0.15, 0.2) is 24.3 Å². The molecule has 1 amide bonds. The van der Waals surface area contributed by atoms with Gasteiger partial charge in [0.15, 0.2) is 0 Å². The lowest BCUT2D eigenvalue weighted by molar-refractivity contribution is -0.135. The first kappa shape index (κ1) is 18.5. The maximum atomic E-state index is 12.1. The van der Waals surface area contributed by atoms with Crippen LogP contribution in [0.3, 0.4) is 0 Å². The van der Waals surface area contributed by atoms with Gasteiger partial charge in [-0.2, -0.15) is 0 Å². The van der Waals surface area contributed by atoms with E-state index in [0.29, 0.717) is 13.0 Å². The van der Waals surface area contributed by atoms with Crippen molar-refractivity contribution >= 4 is 11.9 Å². The topological polar surface area (TPSA) is 75.6 Å². The van der Waals surface area contributed by atoms with Gasteiger partial charge in [0.1, 0.15) is 6.10 Å². The van der Waals surface area contributed by atoms with Crippen LogP contribution in [0.5, 0.6) is 0 Å². The summed E-state index contributed by atoms with van der Waals surface area (Å²) < 4.78 is 5.90. The average Bonchev–Trinajstić information content (AvgIpc) is 2.83. The van der Waals surface area contributed by atoms with Gasteiger partial charge in [0.2, 0.25) is 5.91 Å². The van der Waals surface area contributed by atoms with Crippen molar-refractivity contribution in [1.82, 2.24) is 5.32 Å².